The highest BCUT2D eigenvalue weighted by Crippen LogP contribution is 2.45. The van der Waals surface area contributed by atoms with Gasteiger partial charge in [0.25, 0.3) is 0 Å². The second kappa shape index (κ2) is 6.11. The van der Waals surface area contributed by atoms with Crippen LogP contribution < -0.4 is 5.73 Å². The van der Waals surface area contributed by atoms with Gasteiger partial charge in [0.2, 0.25) is 0 Å². The predicted octanol–water partition coefficient (Wildman–Crippen LogP) is 4.01. The molecule has 1 fully saturated rings. The fourth-order valence-corrected chi connectivity index (χ4v) is 3.55. The van der Waals surface area contributed by atoms with Gasteiger partial charge < -0.3 is 10.8 Å². The van der Waals surface area contributed by atoms with Crippen LogP contribution in [0, 0.1) is 11.3 Å². The van der Waals surface area contributed by atoms with E-state index in [1.807, 2.05) is 36.4 Å². The summed E-state index contributed by atoms with van der Waals surface area (Å²) in [5, 5.41) is 9.49. The third-order valence-electron chi connectivity index (χ3n) is 5.18. The number of carboxylic acids is 1. The van der Waals surface area contributed by atoms with Gasteiger partial charge in [0.1, 0.15) is 0 Å². The number of carboxylic acid groups (broad SMARTS) is 1. The number of aliphatic carboxylic acids is 1. The molecule has 24 heavy (non-hydrogen) atoms. The molecule has 1 saturated carbocycles. The minimum Gasteiger partial charge on any atom is -0.481 e. The van der Waals surface area contributed by atoms with Crippen molar-refractivity contribution in [2.45, 2.75) is 26.2 Å². The molecule has 3 N–H and O–H groups in total. The van der Waals surface area contributed by atoms with Gasteiger partial charge in [-0.25, -0.2) is 0 Å². The zero-order valence-corrected chi connectivity index (χ0v) is 13.7. The molecule has 2 aromatic carbocycles. The first-order valence-corrected chi connectivity index (χ1v) is 8.15. The van der Waals surface area contributed by atoms with Crippen molar-refractivity contribution in [2.24, 2.45) is 11.3 Å². The van der Waals surface area contributed by atoms with Crippen molar-refractivity contribution in [2.75, 3.05) is 5.73 Å². The first-order valence-electron chi connectivity index (χ1n) is 8.15. The summed E-state index contributed by atoms with van der Waals surface area (Å²) >= 11 is 0. The topological polar surface area (TPSA) is 80.4 Å². The maximum Gasteiger partial charge on any atom is 0.310 e. The van der Waals surface area contributed by atoms with Crippen LogP contribution >= 0.6 is 0 Å². The van der Waals surface area contributed by atoms with E-state index >= 15 is 0 Å². The Morgan fingerprint density at radius 1 is 1.04 bits per heavy atom. The maximum atomic E-state index is 12.8. The van der Waals surface area contributed by atoms with Gasteiger partial charge in [-0.1, -0.05) is 42.8 Å². The summed E-state index contributed by atoms with van der Waals surface area (Å²) in [6, 6.07) is 14.9. The molecule has 0 aliphatic heterocycles. The van der Waals surface area contributed by atoms with Crippen molar-refractivity contribution in [1.29, 1.82) is 0 Å². The molecule has 1 aliphatic rings. The smallest absolute Gasteiger partial charge is 0.310 e. The lowest BCUT2D eigenvalue weighted by molar-refractivity contribution is -0.149. The predicted molar refractivity (Wildman–Crippen MR) is 93.7 cm³/mol. The van der Waals surface area contributed by atoms with Gasteiger partial charge in [0.15, 0.2) is 5.78 Å². The van der Waals surface area contributed by atoms with Crippen LogP contribution in [0.5, 0.6) is 0 Å². The molecule has 3 rings (SSSR count). The first kappa shape index (κ1) is 16.2. The van der Waals surface area contributed by atoms with E-state index in [0.29, 0.717) is 24.1 Å². The van der Waals surface area contributed by atoms with Crippen molar-refractivity contribution in [1.82, 2.24) is 0 Å². The minimum absolute atomic E-state index is 0.0683. The standard InChI is InChI=1S/C20H21NO3/c1-20(19(23)24)12-2-3-17(20)18(22)15-6-4-13(5-7-15)14-8-10-16(21)11-9-14/h4-11,17H,2-3,12,21H2,1H3,(H,23,24)/t17-,20+/m0/s1. The Morgan fingerprint density at radius 3 is 2.12 bits per heavy atom. The molecule has 0 amide bonds. The number of nitrogens with two attached hydrogens (primary N) is 1. The van der Waals surface area contributed by atoms with Crippen LogP contribution in [0.15, 0.2) is 48.5 Å². The van der Waals surface area contributed by atoms with Gasteiger partial charge in [0.05, 0.1) is 5.41 Å². The van der Waals surface area contributed by atoms with Crippen LogP contribution in [0.3, 0.4) is 0 Å². The fourth-order valence-electron chi connectivity index (χ4n) is 3.55. The SMILES string of the molecule is C[C@@]1(C(=O)O)CCC[C@H]1C(=O)c1ccc(-c2ccc(N)cc2)cc1. The van der Waals surface area contributed by atoms with Gasteiger partial charge in [-0.05, 0) is 43.0 Å². The average Bonchev–Trinajstić information content (AvgIpc) is 2.98. The second-order valence-corrected chi connectivity index (χ2v) is 6.73. The summed E-state index contributed by atoms with van der Waals surface area (Å²) in [4.78, 5) is 24.4. The van der Waals surface area contributed by atoms with E-state index in [9.17, 15) is 14.7 Å². The van der Waals surface area contributed by atoms with Crippen LogP contribution in [-0.2, 0) is 4.79 Å². The molecule has 0 radical (unpaired) electrons. The molecule has 0 heterocycles. The van der Waals surface area contributed by atoms with E-state index in [2.05, 4.69) is 0 Å². The number of ketones is 1. The van der Waals surface area contributed by atoms with Crippen LogP contribution in [0.1, 0.15) is 36.5 Å². The highest BCUT2D eigenvalue weighted by atomic mass is 16.4. The van der Waals surface area contributed by atoms with Crippen molar-refractivity contribution < 1.29 is 14.7 Å². The third kappa shape index (κ3) is 2.80. The van der Waals surface area contributed by atoms with Crippen LogP contribution in [0.25, 0.3) is 11.1 Å². The lowest BCUT2D eigenvalue weighted by Gasteiger charge is -2.25. The highest BCUT2D eigenvalue weighted by molar-refractivity contribution is 6.01. The third-order valence-corrected chi connectivity index (χ3v) is 5.18. The van der Waals surface area contributed by atoms with Crippen molar-refractivity contribution in [3.05, 3.63) is 54.1 Å². The van der Waals surface area contributed by atoms with Crippen LogP contribution in [0.4, 0.5) is 5.69 Å². The van der Waals surface area contributed by atoms with E-state index in [1.54, 1.807) is 19.1 Å². The monoisotopic (exact) mass is 323 g/mol. The number of Topliss-reactive ketones (excluding diaryl/α,β-unsaturated/α-hetero) is 1. The van der Waals surface area contributed by atoms with Crippen LogP contribution in [-0.4, -0.2) is 16.9 Å². The molecule has 0 spiro atoms. The molecule has 4 heteroatoms. The van der Waals surface area contributed by atoms with Gasteiger partial charge >= 0.3 is 5.97 Å². The van der Waals surface area contributed by atoms with Crippen molar-refractivity contribution >= 4 is 17.4 Å². The fraction of sp³-hybridized carbons (Fsp3) is 0.300. The Morgan fingerprint density at radius 2 is 1.58 bits per heavy atom. The van der Waals surface area contributed by atoms with E-state index in [0.717, 1.165) is 17.5 Å². The zero-order chi connectivity index (χ0) is 17.3. The molecular weight excluding hydrogens is 302 g/mol. The number of benzene rings is 2. The quantitative estimate of drug-likeness (QED) is 0.658. The van der Waals surface area contributed by atoms with Gasteiger partial charge in [-0.15, -0.1) is 0 Å². The molecule has 0 bridgehead atoms. The molecule has 2 aromatic rings. The zero-order valence-electron chi connectivity index (χ0n) is 13.7. The minimum atomic E-state index is -0.952. The Hall–Kier alpha value is -2.62. The first-order chi connectivity index (χ1) is 11.4. The lowest BCUT2D eigenvalue weighted by atomic mass is 9.76. The summed E-state index contributed by atoms with van der Waals surface area (Å²) in [7, 11) is 0. The Bertz CT molecular complexity index is 764. The van der Waals surface area contributed by atoms with E-state index < -0.39 is 17.3 Å². The maximum absolute atomic E-state index is 12.8. The van der Waals surface area contributed by atoms with E-state index in [1.165, 1.54) is 0 Å². The molecule has 4 nitrogen and oxygen atoms in total. The summed E-state index contributed by atoms with van der Waals surface area (Å²) in [5.74, 6) is -1.39. The Kier molecular flexibility index (Phi) is 4.14. The molecule has 0 saturated heterocycles. The number of nitrogen functional groups attached to an aromatic ring is 1. The second-order valence-electron chi connectivity index (χ2n) is 6.73. The van der Waals surface area contributed by atoms with E-state index in [-0.39, 0.29) is 5.78 Å². The number of carbonyl (C=O) groups excluding carboxylic acids is 1. The number of hydrogen-bond donors (Lipinski definition) is 2. The number of hydrogen-bond acceptors (Lipinski definition) is 3. The van der Waals surface area contributed by atoms with Crippen LogP contribution in [0.2, 0.25) is 0 Å². The van der Waals surface area contributed by atoms with Crippen molar-refractivity contribution in [3.8, 4) is 11.1 Å². The summed E-state index contributed by atoms with van der Waals surface area (Å²) in [6.45, 7) is 1.69. The molecule has 0 aromatic heterocycles. The summed E-state index contributed by atoms with van der Waals surface area (Å²) < 4.78 is 0. The summed E-state index contributed by atoms with van der Waals surface area (Å²) in [6.07, 6.45) is 1.98. The highest BCUT2D eigenvalue weighted by Gasteiger charge is 2.48. The Balaban J connectivity index is 1.84. The number of anilines is 1. The van der Waals surface area contributed by atoms with Crippen molar-refractivity contribution in [3.63, 3.8) is 0 Å². The summed E-state index contributed by atoms with van der Waals surface area (Å²) in [5.41, 5.74) is 8.06. The van der Waals surface area contributed by atoms with E-state index in [4.69, 9.17) is 5.73 Å². The van der Waals surface area contributed by atoms with Gasteiger partial charge in [-0.2, -0.15) is 0 Å². The molecule has 2 atom stereocenters. The molecule has 0 unspecified atom stereocenters. The van der Waals surface area contributed by atoms with Gasteiger partial charge in [0, 0.05) is 17.2 Å². The number of carbonyl (C=O) groups is 2. The van der Waals surface area contributed by atoms with Gasteiger partial charge in [-0.3, -0.25) is 9.59 Å². The average molecular weight is 323 g/mol. The Labute approximate surface area is 141 Å². The molecule has 1 aliphatic carbocycles. The number of rotatable bonds is 4. The lowest BCUT2D eigenvalue weighted by Crippen LogP contribution is -2.36. The normalized spacial score (nSPS) is 23.1. The molecule has 124 valence electrons. The molecular formula is C20H21NO3. The largest absolute Gasteiger partial charge is 0.481 e.